The van der Waals surface area contributed by atoms with Crippen molar-refractivity contribution in [2.75, 3.05) is 45.8 Å². The Kier molecular flexibility index (Phi) is 9.73. The molecule has 0 saturated carbocycles. The number of carbonyl (C=O) groups excluding carboxylic acids is 1. The van der Waals surface area contributed by atoms with E-state index in [1.807, 2.05) is 0 Å². The molecular formula is C24H30N4O8S2. The Morgan fingerprint density at radius 3 is 1.97 bits per heavy atom. The first-order valence-corrected chi connectivity index (χ1v) is 14.6. The van der Waals surface area contributed by atoms with E-state index in [0.717, 1.165) is 0 Å². The molecule has 14 heteroatoms. The number of methoxy groups -OCH3 is 2. The molecule has 0 aliphatic carbocycles. The van der Waals surface area contributed by atoms with Gasteiger partial charge in [0, 0.05) is 38.4 Å². The van der Waals surface area contributed by atoms with E-state index in [2.05, 4.69) is 15.5 Å². The molecule has 0 saturated heterocycles. The second-order valence-electron chi connectivity index (χ2n) is 8.40. The van der Waals surface area contributed by atoms with E-state index < -0.39 is 31.0 Å². The number of hydrogen-bond acceptors (Lipinski definition) is 10. The molecule has 12 nitrogen and oxygen atoms in total. The van der Waals surface area contributed by atoms with Crippen LogP contribution < -0.4 is 5.32 Å². The molecule has 3 rings (SSSR count). The minimum absolute atomic E-state index is 0.0178. The monoisotopic (exact) mass is 566 g/mol. The maximum Gasteiger partial charge on any atom is 0.322 e. The molecule has 1 amide bonds. The lowest BCUT2D eigenvalue weighted by molar-refractivity contribution is 0.102. The third-order valence-corrected chi connectivity index (χ3v) is 9.62. The van der Waals surface area contributed by atoms with Crippen LogP contribution in [0.3, 0.4) is 0 Å². The molecule has 3 aromatic rings. The largest absolute Gasteiger partial charge is 0.403 e. The zero-order chi connectivity index (χ0) is 27.9. The minimum Gasteiger partial charge on any atom is -0.403 e. The molecular weight excluding hydrogens is 536 g/mol. The fraction of sp³-hybridized carbons (Fsp3) is 0.375. The van der Waals surface area contributed by atoms with Crippen LogP contribution in [0.1, 0.15) is 24.2 Å². The quantitative estimate of drug-likeness (QED) is 0.326. The first-order valence-electron chi connectivity index (χ1n) is 11.6. The molecule has 2 aromatic carbocycles. The standard InChI is InChI=1S/C24H30N4O8S2/c1-17(2)37(30,31)20-9-7-19(8-10-20)23-26-27-24(36-23)25-22(29)18-5-11-21(12-6-18)38(32,33)28(13-15-34-3)14-16-35-4/h5-12,17H,13-16H2,1-4H3,(H,25,27,29). The van der Waals surface area contributed by atoms with E-state index in [0.29, 0.717) is 5.56 Å². The Labute approximate surface area is 221 Å². The van der Waals surface area contributed by atoms with Crippen LogP contribution >= 0.6 is 0 Å². The summed E-state index contributed by atoms with van der Waals surface area (Å²) in [6.45, 7) is 3.95. The summed E-state index contributed by atoms with van der Waals surface area (Å²) in [5, 5.41) is 9.60. The third-order valence-electron chi connectivity index (χ3n) is 5.54. The average molecular weight is 567 g/mol. The summed E-state index contributed by atoms with van der Waals surface area (Å²) in [7, 11) is -4.28. The summed E-state index contributed by atoms with van der Waals surface area (Å²) >= 11 is 0. The van der Waals surface area contributed by atoms with Crippen molar-refractivity contribution in [1.29, 1.82) is 0 Å². The van der Waals surface area contributed by atoms with Gasteiger partial charge in [-0.2, -0.15) is 4.31 Å². The average Bonchev–Trinajstić information content (AvgIpc) is 3.37. The second-order valence-corrected chi connectivity index (χ2v) is 12.8. The number of hydrogen-bond donors (Lipinski definition) is 1. The van der Waals surface area contributed by atoms with Crippen molar-refractivity contribution >= 4 is 31.8 Å². The minimum atomic E-state index is -3.83. The maximum atomic E-state index is 13.0. The van der Waals surface area contributed by atoms with Crippen molar-refractivity contribution in [3.05, 3.63) is 54.1 Å². The first-order chi connectivity index (χ1) is 18.0. The Morgan fingerprint density at radius 1 is 0.895 bits per heavy atom. The van der Waals surface area contributed by atoms with Crippen LogP contribution in [0.2, 0.25) is 0 Å². The van der Waals surface area contributed by atoms with Crippen molar-refractivity contribution in [3.8, 4) is 11.5 Å². The van der Waals surface area contributed by atoms with E-state index in [1.165, 1.54) is 67.1 Å². The van der Waals surface area contributed by atoms with Gasteiger partial charge in [-0.15, -0.1) is 5.10 Å². The molecule has 0 spiro atoms. The number of ether oxygens (including phenoxy) is 2. The molecule has 0 aliphatic rings. The molecule has 206 valence electrons. The van der Waals surface area contributed by atoms with Crippen LogP contribution in [0, 0.1) is 0 Å². The van der Waals surface area contributed by atoms with E-state index in [1.54, 1.807) is 13.8 Å². The van der Waals surface area contributed by atoms with Gasteiger partial charge >= 0.3 is 6.01 Å². The number of carbonyl (C=O) groups is 1. The van der Waals surface area contributed by atoms with Crippen LogP contribution in [-0.2, 0) is 29.3 Å². The number of amides is 1. The molecule has 0 bridgehead atoms. The third kappa shape index (κ3) is 6.82. The molecule has 1 N–H and O–H groups in total. The lowest BCUT2D eigenvalue weighted by Crippen LogP contribution is -2.36. The molecule has 0 fully saturated rings. The summed E-state index contributed by atoms with van der Waals surface area (Å²) in [5.74, 6) is -0.499. The van der Waals surface area contributed by atoms with Gasteiger partial charge in [-0.25, -0.2) is 16.8 Å². The highest BCUT2D eigenvalue weighted by molar-refractivity contribution is 7.92. The van der Waals surface area contributed by atoms with E-state index in [4.69, 9.17) is 13.9 Å². The number of rotatable bonds is 13. The highest BCUT2D eigenvalue weighted by Gasteiger charge is 2.25. The van der Waals surface area contributed by atoms with E-state index >= 15 is 0 Å². The van der Waals surface area contributed by atoms with Crippen LogP contribution in [0.5, 0.6) is 0 Å². The molecule has 0 aliphatic heterocycles. The van der Waals surface area contributed by atoms with Crippen LogP contribution in [0.15, 0.2) is 62.7 Å². The Morgan fingerprint density at radius 2 is 1.45 bits per heavy atom. The van der Waals surface area contributed by atoms with Crippen molar-refractivity contribution in [1.82, 2.24) is 14.5 Å². The van der Waals surface area contributed by atoms with Crippen LogP contribution in [0.4, 0.5) is 6.01 Å². The highest BCUT2D eigenvalue weighted by Crippen LogP contribution is 2.24. The predicted octanol–water partition coefficient (Wildman–Crippen LogP) is 2.45. The number of nitrogens with one attached hydrogen (secondary N) is 1. The molecule has 0 radical (unpaired) electrons. The van der Waals surface area contributed by atoms with Gasteiger partial charge in [0.1, 0.15) is 0 Å². The molecule has 0 unspecified atom stereocenters. The van der Waals surface area contributed by atoms with Crippen molar-refractivity contribution in [3.63, 3.8) is 0 Å². The van der Waals surface area contributed by atoms with Crippen LogP contribution in [0.25, 0.3) is 11.5 Å². The number of nitrogens with zero attached hydrogens (tertiary/aromatic N) is 3. The lowest BCUT2D eigenvalue weighted by atomic mass is 10.2. The molecule has 38 heavy (non-hydrogen) atoms. The number of sulfone groups is 1. The topological polar surface area (TPSA) is 158 Å². The fourth-order valence-electron chi connectivity index (χ4n) is 3.28. The van der Waals surface area contributed by atoms with Gasteiger partial charge in [-0.3, -0.25) is 10.1 Å². The van der Waals surface area contributed by atoms with Gasteiger partial charge in [0.05, 0.1) is 28.3 Å². The van der Waals surface area contributed by atoms with Crippen molar-refractivity contribution in [2.45, 2.75) is 28.9 Å². The summed E-state index contributed by atoms with van der Waals surface area (Å²) in [5.41, 5.74) is 0.647. The number of anilines is 1. The first kappa shape index (κ1) is 29.4. The SMILES string of the molecule is COCCN(CCOC)S(=O)(=O)c1ccc(C(=O)Nc2nnc(-c3ccc(S(=O)(=O)C(C)C)cc3)o2)cc1. The van der Waals surface area contributed by atoms with Gasteiger partial charge in [0.25, 0.3) is 5.91 Å². The van der Waals surface area contributed by atoms with E-state index in [9.17, 15) is 21.6 Å². The Hall–Kier alpha value is -3.17. The molecule has 1 heterocycles. The van der Waals surface area contributed by atoms with Gasteiger partial charge in [0.2, 0.25) is 15.9 Å². The van der Waals surface area contributed by atoms with Crippen molar-refractivity contribution in [2.24, 2.45) is 0 Å². The van der Waals surface area contributed by atoms with Gasteiger partial charge in [-0.05, 0) is 62.4 Å². The zero-order valence-corrected chi connectivity index (χ0v) is 23.1. The summed E-state index contributed by atoms with van der Waals surface area (Å²) in [6.07, 6.45) is 0. The smallest absolute Gasteiger partial charge is 0.322 e. The Balaban J connectivity index is 1.70. The second kappa shape index (κ2) is 12.6. The molecule has 0 atom stereocenters. The maximum absolute atomic E-state index is 13.0. The number of aromatic nitrogens is 2. The number of benzene rings is 2. The summed E-state index contributed by atoms with van der Waals surface area (Å²) in [4.78, 5) is 12.9. The van der Waals surface area contributed by atoms with Gasteiger partial charge in [0.15, 0.2) is 9.84 Å². The summed E-state index contributed by atoms with van der Waals surface area (Å²) in [6, 6.07) is 11.2. The van der Waals surface area contributed by atoms with Gasteiger partial charge < -0.3 is 13.9 Å². The molecule has 1 aromatic heterocycles. The van der Waals surface area contributed by atoms with E-state index in [-0.39, 0.29) is 53.6 Å². The normalized spacial score (nSPS) is 12.3. The van der Waals surface area contributed by atoms with Crippen molar-refractivity contribution < 1.29 is 35.5 Å². The van der Waals surface area contributed by atoms with Gasteiger partial charge in [-0.1, -0.05) is 5.10 Å². The fourth-order valence-corrected chi connectivity index (χ4v) is 5.75. The lowest BCUT2D eigenvalue weighted by Gasteiger charge is -2.21. The Bertz CT molecular complexity index is 1430. The highest BCUT2D eigenvalue weighted by atomic mass is 32.2. The summed E-state index contributed by atoms with van der Waals surface area (Å²) < 4.78 is 67.3. The van der Waals surface area contributed by atoms with Crippen LogP contribution in [-0.4, -0.2) is 83.0 Å². The predicted molar refractivity (Wildman–Crippen MR) is 139 cm³/mol. The zero-order valence-electron chi connectivity index (χ0n) is 21.4. The number of sulfonamides is 1.